The second kappa shape index (κ2) is 6.95. The van der Waals surface area contributed by atoms with Gasteiger partial charge in [0.15, 0.2) is 0 Å². The molecule has 1 fully saturated rings. The van der Waals surface area contributed by atoms with Gasteiger partial charge in [-0.15, -0.1) is 11.3 Å². The van der Waals surface area contributed by atoms with E-state index < -0.39 is 0 Å². The van der Waals surface area contributed by atoms with Crippen LogP contribution >= 0.6 is 11.3 Å². The third kappa shape index (κ3) is 2.98. The standard InChI is InChI=1S/C21H24N2O2S/c1-13(2)12-23-19(14-8-4-3-5-9-14)22-20-17(21(23)25)18(24)15-10-6-7-11-16(15)26-20/h6-7,10-11,13-14H,3-5,8-9,12H2,1-2H3. The van der Waals surface area contributed by atoms with Crippen molar-refractivity contribution >= 4 is 31.6 Å². The van der Waals surface area contributed by atoms with E-state index in [0.29, 0.717) is 28.6 Å². The van der Waals surface area contributed by atoms with E-state index in [1.54, 1.807) is 10.6 Å². The van der Waals surface area contributed by atoms with Gasteiger partial charge in [-0.05, 0) is 30.9 Å². The lowest BCUT2D eigenvalue weighted by molar-refractivity contribution is 0.395. The first-order valence-corrected chi connectivity index (χ1v) is 10.3. The van der Waals surface area contributed by atoms with Crippen LogP contribution in [0.25, 0.3) is 20.3 Å². The van der Waals surface area contributed by atoms with Crippen LogP contribution in [0.4, 0.5) is 0 Å². The Bertz CT molecular complexity index is 1070. The SMILES string of the molecule is CC(C)Cn1c(C2CCCCC2)nc2sc3ccccc3c(=O)c2c1=O. The molecule has 0 amide bonds. The molecule has 2 heterocycles. The van der Waals surface area contributed by atoms with E-state index in [-0.39, 0.29) is 16.4 Å². The average Bonchev–Trinajstić information content (AvgIpc) is 2.64. The molecule has 0 N–H and O–H groups in total. The minimum atomic E-state index is -0.181. The van der Waals surface area contributed by atoms with Gasteiger partial charge in [0.1, 0.15) is 16.0 Å². The highest BCUT2D eigenvalue weighted by Gasteiger charge is 2.24. The first kappa shape index (κ1) is 17.4. The quantitative estimate of drug-likeness (QED) is 0.631. The summed E-state index contributed by atoms with van der Waals surface area (Å²) in [4.78, 5) is 31.8. The summed E-state index contributed by atoms with van der Waals surface area (Å²) < 4.78 is 2.69. The maximum Gasteiger partial charge on any atom is 0.266 e. The molecule has 0 atom stereocenters. The minimum absolute atomic E-state index is 0.156. The van der Waals surface area contributed by atoms with Gasteiger partial charge < -0.3 is 0 Å². The van der Waals surface area contributed by atoms with Gasteiger partial charge in [-0.25, -0.2) is 4.98 Å². The first-order valence-electron chi connectivity index (χ1n) is 9.52. The third-order valence-electron chi connectivity index (χ3n) is 5.25. The molecule has 1 aliphatic carbocycles. The van der Waals surface area contributed by atoms with Crippen molar-refractivity contribution in [1.29, 1.82) is 0 Å². The van der Waals surface area contributed by atoms with Gasteiger partial charge in [-0.2, -0.15) is 0 Å². The van der Waals surface area contributed by atoms with E-state index in [1.165, 1.54) is 30.6 Å². The van der Waals surface area contributed by atoms with Gasteiger partial charge in [-0.1, -0.05) is 45.2 Å². The molecular formula is C21H24N2O2S. The Morgan fingerprint density at radius 3 is 2.62 bits per heavy atom. The first-order chi connectivity index (χ1) is 12.6. The topological polar surface area (TPSA) is 52.0 Å². The molecule has 26 heavy (non-hydrogen) atoms. The molecule has 136 valence electrons. The van der Waals surface area contributed by atoms with Crippen LogP contribution in [-0.4, -0.2) is 9.55 Å². The summed E-state index contributed by atoms with van der Waals surface area (Å²) in [5.41, 5.74) is -0.337. The minimum Gasteiger partial charge on any atom is -0.295 e. The molecule has 0 aliphatic heterocycles. The van der Waals surface area contributed by atoms with Crippen LogP contribution in [0.5, 0.6) is 0 Å². The lowest BCUT2D eigenvalue weighted by Crippen LogP contribution is -2.31. The molecule has 0 spiro atoms. The molecule has 5 heteroatoms. The molecule has 1 aromatic carbocycles. The monoisotopic (exact) mass is 368 g/mol. The zero-order valence-electron chi connectivity index (χ0n) is 15.3. The molecule has 4 rings (SSSR count). The number of nitrogens with zero attached hydrogens (tertiary/aromatic N) is 2. The maximum absolute atomic E-state index is 13.3. The van der Waals surface area contributed by atoms with E-state index in [1.807, 2.05) is 18.2 Å². The Kier molecular flexibility index (Phi) is 4.65. The molecule has 0 unspecified atom stereocenters. The van der Waals surface area contributed by atoms with Gasteiger partial charge in [-0.3, -0.25) is 14.2 Å². The largest absolute Gasteiger partial charge is 0.295 e. The van der Waals surface area contributed by atoms with E-state index in [0.717, 1.165) is 23.4 Å². The molecule has 3 aromatic rings. The highest BCUT2D eigenvalue weighted by atomic mass is 32.1. The highest BCUT2D eigenvalue weighted by molar-refractivity contribution is 7.24. The van der Waals surface area contributed by atoms with Crippen LogP contribution in [0.15, 0.2) is 33.9 Å². The van der Waals surface area contributed by atoms with Gasteiger partial charge in [0.25, 0.3) is 5.56 Å². The van der Waals surface area contributed by atoms with Crippen LogP contribution < -0.4 is 11.0 Å². The number of hydrogen-bond donors (Lipinski definition) is 0. The predicted molar refractivity (Wildman–Crippen MR) is 108 cm³/mol. The van der Waals surface area contributed by atoms with Gasteiger partial charge in [0, 0.05) is 22.5 Å². The number of hydrogen-bond acceptors (Lipinski definition) is 4. The fraction of sp³-hybridized carbons (Fsp3) is 0.476. The fourth-order valence-corrected chi connectivity index (χ4v) is 5.06. The second-order valence-electron chi connectivity index (χ2n) is 7.72. The zero-order chi connectivity index (χ0) is 18.3. The molecule has 2 aromatic heterocycles. The Hall–Kier alpha value is -2.01. The predicted octanol–water partition coefficient (Wildman–Crippen LogP) is 4.68. The summed E-state index contributed by atoms with van der Waals surface area (Å²) in [6, 6.07) is 7.50. The average molecular weight is 369 g/mol. The van der Waals surface area contributed by atoms with Crippen molar-refractivity contribution < 1.29 is 0 Å². The Morgan fingerprint density at radius 1 is 1.15 bits per heavy atom. The van der Waals surface area contributed by atoms with Gasteiger partial charge in [0.05, 0.1) is 0 Å². The van der Waals surface area contributed by atoms with E-state index in [9.17, 15) is 9.59 Å². The van der Waals surface area contributed by atoms with E-state index >= 15 is 0 Å². The molecule has 4 nitrogen and oxygen atoms in total. The van der Waals surface area contributed by atoms with Crippen molar-refractivity contribution in [3.63, 3.8) is 0 Å². The molecule has 0 saturated heterocycles. The van der Waals surface area contributed by atoms with Crippen molar-refractivity contribution in [2.24, 2.45) is 5.92 Å². The molecule has 0 bridgehead atoms. The van der Waals surface area contributed by atoms with Gasteiger partial charge >= 0.3 is 0 Å². The summed E-state index contributed by atoms with van der Waals surface area (Å²) in [6.07, 6.45) is 5.80. The number of benzene rings is 1. The summed E-state index contributed by atoms with van der Waals surface area (Å²) >= 11 is 1.46. The third-order valence-corrected chi connectivity index (χ3v) is 6.31. The van der Waals surface area contributed by atoms with Crippen LogP contribution in [0, 0.1) is 5.92 Å². The van der Waals surface area contributed by atoms with Crippen molar-refractivity contribution in [2.75, 3.05) is 0 Å². The number of fused-ring (bicyclic) bond motifs is 2. The summed E-state index contributed by atoms with van der Waals surface area (Å²) in [5.74, 6) is 1.55. The number of rotatable bonds is 3. The molecular weight excluding hydrogens is 344 g/mol. The Balaban J connectivity index is 2.04. The van der Waals surface area contributed by atoms with Crippen molar-refractivity contribution in [3.05, 3.63) is 50.7 Å². The van der Waals surface area contributed by atoms with Crippen LogP contribution in [0.3, 0.4) is 0 Å². The van der Waals surface area contributed by atoms with Crippen LogP contribution in [-0.2, 0) is 6.54 Å². The van der Waals surface area contributed by atoms with Crippen molar-refractivity contribution in [1.82, 2.24) is 9.55 Å². The van der Waals surface area contributed by atoms with Crippen molar-refractivity contribution in [2.45, 2.75) is 58.4 Å². The molecule has 1 aliphatic rings. The highest BCUT2D eigenvalue weighted by Crippen LogP contribution is 2.32. The van der Waals surface area contributed by atoms with Crippen molar-refractivity contribution in [3.8, 4) is 0 Å². The van der Waals surface area contributed by atoms with Crippen LogP contribution in [0.1, 0.15) is 57.7 Å². The molecule has 0 radical (unpaired) electrons. The molecule has 1 saturated carbocycles. The smallest absolute Gasteiger partial charge is 0.266 e. The number of aromatic nitrogens is 2. The summed E-state index contributed by atoms with van der Waals surface area (Å²) in [5, 5.41) is 0.874. The summed E-state index contributed by atoms with van der Waals surface area (Å²) in [7, 11) is 0. The normalized spacial score (nSPS) is 16.0. The van der Waals surface area contributed by atoms with E-state index in [4.69, 9.17) is 4.98 Å². The lowest BCUT2D eigenvalue weighted by atomic mass is 9.88. The zero-order valence-corrected chi connectivity index (χ0v) is 16.1. The maximum atomic E-state index is 13.3. The Morgan fingerprint density at radius 2 is 1.88 bits per heavy atom. The van der Waals surface area contributed by atoms with Gasteiger partial charge in [0.2, 0.25) is 5.43 Å². The lowest BCUT2D eigenvalue weighted by Gasteiger charge is -2.25. The fourth-order valence-electron chi connectivity index (χ4n) is 4.01. The van der Waals surface area contributed by atoms with Crippen LogP contribution in [0.2, 0.25) is 0 Å². The van der Waals surface area contributed by atoms with E-state index in [2.05, 4.69) is 13.8 Å². The second-order valence-corrected chi connectivity index (χ2v) is 8.75. The Labute approximate surface area is 156 Å². The summed E-state index contributed by atoms with van der Waals surface area (Å²) in [6.45, 7) is 4.81.